The summed E-state index contributed by atoms with van der Waals surface area (Å²) in [5, 5.41) is 0. The molecule has 2 N–H and O–H groups in total. The van der Waals surface area contributed by atoms with E-state index in [1.165, 1.54) is 0 Å². The summed E-state index contributed by atoms with van der Waals surface area (Å²) in [5.41, 5.74) is 7.06. The van der Waals surface area contributed by atoms with Crippen LogP contribution >= 0.6 is 0 Å². The van der Waals surface area contributed by atoms with E-state index in [9.17, 15) is 4.79 Å². The lowest BCUT2D eigenvalue weighted by Crippen LogP contribution is -2.18. The van der Waals surface area contributed by atoms with E-state index in [0.29, 0.717) is 31.7 Å². The first-order valence-corrected chi connectivity index (χ1v) is 5.92. The fourth-order valence-electron chi connectivity index (χ4n) is 2.05. The lowest BCUT2D eigenvalue weighted by molar-refractivity contribution is 0.0983. The summed E-state index contributed by atoms with van der Waals surface area (Å²) in [6.07, 6.45) is 1.12. The van der Waals surface area contributed by atoms with Crippen molar-refractivity contribution >= 4 is 5.78 Å². The quantitative estimate of drug-likeness (QED) is 0.804. The Kier molecular flexibility index (Phi) is 3.64. The van der Waals surface area contributed by atoms with Crippen LogP contribution in [0.15, 0.2) is 12.1 Å². The molecule has 4 nitrogen and oxygen atoms in total. The second kappa shape index (κ2) is 5.19. The average Bonchev–Trinajstić information content (AvgIpc) is 2.37. The molecule has 0 saturated carbocycles. The molecule has 0 saturated heterocycles. The minimum absolute atomic E-state index is 0.0707. The standard InChI is InChI=1S/C13H17NO3/c1-2-9-10(11(15)5-6-14)3-4-12-13(9)17-8-7-16-12/h3-4H,2,5-8,14H2,1H3. The number of fused-ring (bicyclic) bond motifs is 1. The van der Waals surface area contributed by atoms with Crippen molar-refractivity contribution in [3.63, 3.8) is 0 Å². The maximum atomic E-state index is 11.9. The predicted octanol–water partition coefficient (Wildman–Crippen LogP) is 1.55. The lowest BCUT2D eigenvalue weighted by Gasteiger charge is -2.22. The first-order chi connectivity index (χ1) is 8.27. The summed E-state index contributed by atoms with van der Waals surface area (Å²) in [5.74, 6) is 1.53. The van der Waals surface area contributed by atoms with Gasteiger partial charge in [-0.1, -0.05) is 6.92 Å². The number of Topliss-reactive ketones (excluding diaryl/α,β-unsaturated/α-hetero) is 1. The molecule has 1 aliphatic rings. The van der Waals surface area contributed by atoms with Gasteiger partial charge in [-0.15, -0.1) is 0 Å². The number of carbonyl (C=O) groups is 1. The molecule has 1 aliphatic heterocycles. The van der Waals surface area contributed by atoms with Gasteiger partial charge in [-0.2, -0.15) is 0 Å². The van der Waals surface area contributed by atoms with E-state index in [2.05, 4.69) is 0 Å². The third kappa shape index (κ3) is 2.26. The zero-order valence-electron chi connectivity index (χ0n) is 9.99. The van der Waals surface area contributed by atoms with Crippen LogP contribution in [0, 0.1) is 0 Å². The van der Waals surface area contributed by atoms with E-state index in [1.807, 2.05) is 13.0 Å². The molecule has 0 amide bonds. The van der Waals surface area contributed by atoms with E-state index in [4.69, 9.17) is 15.2 Å². The minimum Gasteiger partial charge on any atom is -0.486 e. The molecule has 0 fully saturated rings. The van der Waals surface area contributed by atoms with E-state index in [0.717, 1.165) is 23.5 Å². The van der Waals surface area contributed by atoms with Crippen molar-refractivity contribution < 1.29 is 14.3 Å². The SMILES string of the molecule is CCc1c(C(=O)CCN)ccc2c1OCCO2. The molecular weight excluding hydrogens is 218 g/mol. The van der Waals surface area contributed by atoms with Crippen LogP contribution in [0.25, 0.3) is 0 Å². The van der Waals surface area contributed by atoms with Gasteiger partial charge in [0.2, 0.25) is 0 Å². The van der Waals surface area contributed by atoms with E-state index < -0.39 is 0 Å². The van der Waals surface area contributed by atoms with Crippen LogP contribution < -0.4 is 15.2 Å². The van der Waals surface area contributed by atoms with Crippen LogP contribution in [-0.4, -0.2) is 25.5 Å². The van der Waals surface area contributed by atoms with Gasteiger partial charge in [0, 0.05) is 17.5 Å². The highest BCUT2D eigenvalue weighted by Crippen LogP contribution is 2.36. The number of ketones is 1. The first kappa shape index (κ1) is 11.9. The molecule has 17 heavy (non-hydrogen) atoms. The third-order valence-electron chi connectivity index (χ3n) is 2.84. The van der Waals surface area contributed by atoms with Crippen molar-refractivity contribution in [2.24, 2.45) is 5.73 Å². The molecule has 0 aliphatic carbocycles. The summed E-state index contributed by atoms with van der Waals surface area (Å²) in [7, 11) is 0. The third-order valence-corrected chi connectivity index (χ3v) is 2.84. The zero-order valence-corrected chi connectivity index (χ0v) is 9.99. The Hall–Kier alpha value is -1.55. The number of hydrogen-bond donors (Lipinski definition) is 1. The smallest absolute Gasteiger partial charge is 0.165 e. The van der Waals surface area contributed by atoms with E-state index in [1.54, 1.807) is 6.07 Å². The van der Waals surface area contributed by atoms with Crippen molar-refractivity contribution in [1.29, 1.82) is 0 Å². The lowest BCUT2D eigenvalue weighted by atomic mass is 9.98. The highest BCUT2D eigenvalue weighted by Gasteiger charge is 2.20. The molecule has 0 radical (unpaired) electrons. The zero-order chi connectivity index (χ0) is 12.3. The van der Waals surface area contributed by atoms with Crippen LogP contribution in [0.2, 0.25) is 0 Å². The normalized spacial score (nSPS) is 13.5. The molecule has 0 aromatic heterocycles. The summed E-state index contributed by atoms with van der Waals surface area (Å²) in [4.78, 5) is 11.9. The number of hydrogen-bond acceptors (Lipinski definition) is 4. The Bertz CT molecular complexity index is 429. The van der Waals surface area contributed by atoms with Crippen molar-refractivity contribution in [3.8, 4) is 11.5 Å². The molecule has 4 heteroatoms. The van der Waals surface area contributed by atoms with Crippen LogP contribution in [0.5, 0.6) is 11.5 Å². The topological polar surface area (TPSA) is 61.6 Å². The van der Waals surface area contributed by atoms with Gasteiger partial charge in [0.25, 0.3) is 0 Å². The van der Waals surface area contributed by atoms with E-state index >= 15 is 0 Å². The molecule has 1 heterocycles. The fraction of sp³-hybridized carbons (Fsp3) is 0.462. The maximum absolute atomic E-state index is 11.9. The van der Waals surface area contributed by atoms with Crippen LogP contribution in [0.3, 0.4) is 0 Å². The van der Waals surface area contributed by atoms with Crippen molar-refractivity contribution in [1.82, 2.24) is 0 Å². The molecule has 2 rings (SSSR count). The van der Waals surface area contributed by atoms with Gasteiger partial charge in [-0.3, -0.25) is 4.79 Å². The monoisotopic (exact) mass is 235 g/mol. The Labute approximate surface area is 101 Å². The predicted molar refractivity (Wildman–Crippen MR) is 64.8 cm³/mol. The number of ether oxygens (including phenoxy) is 2. The summed E-state index contributed by atoms with van der Waals surface area (Å²) in [6, 6.07) is 3.61. The number of benzene rings is 1. The van der Waals surface area contributed by atoms with Gasteiger partial charge in [0.05, 0.1) is 0 Å². The molecule has 0 spiro atoms. The van der Waals surface area contributed by atoms with Crippen molar-refractivity contribution in [3.05, 3.63) is 23.3 Å². The summed E-state index contributed by atoms with van der Waals surface area (Å²) >= 11 is 0. The van der Waals surface area contributed by atoms with E-state index in [-0.39, 0.29) is 5.78 Å². The Balaban J connectivity index is 2.43. The maximum Gasteiger partial charge on any atom is 0.165 e. The van der Waals surface area contributed by atoms with Crippen LogP contribution in [-0.2, 0) is 6.42 Å². The van der Waals surface area contributed by atoms with Gasteiger partial charge in [-0.25, -0.2) is 0 Å². The van der Waals surface area contributed by atoms with Gasteiger partial charge < -0.3 is 15.2 Å². The highest BCUT2D eigenvalue weighted by molar-refractivity contribution is 5.98. The van der Waals surface area contributed by atoms with Crippen molar-refractivity contribution in [2.45, 2.75) is 19.8 Å². The Morgan fingerprint density at radius 3 is 2.82 bits per heavy atom. The molecule has 1 aromatic carbocycles. The largest absolute Gasteiger partial charge is 0.486 e. The average molecular weight is 235 g/mol. The van der Waals surface area contributed by atoms with Gasteiger partial charge in [-0.05, 0) is 25.1 Å². The van der Waals surface area contributed by atoms with Crippen LogP contribution in [0.4, 0.5) is 0 Å². The molecule has 92 valence electrons. The number of nitrogens with two attached hydrogens (primary N) is 1. The van der Waals surface area contributed by atoms with Crippen molar-refractivity contribution in [2.75, 3.05) is 19.8 Å². The molecule has 0 bridgehead atoms. The summed E-state index contributed by atoms with van der Waals surface area (Å²) < 4.78 is 11.1. The highest BCUT2D eigenvalue weighted by atomic mass is 16.6. The molecule has 0 unspecified atom stereocenters. The van der Waals surface area contributed by atoms with Gasteiger partial charge in [0.15, 0.2) is 17.3 Å². The second-order valence-corrected chi connectivity index (χ2v) is 3.93. The van der Waals surface area contributed by atoms with Gasteiger partial charge >= 0.3 is 0 Å². The number of rotatable bonds is 4. The van der Waals surface area contributed by atoms with Gasteiger partial charge in [0.1, 0.15) is 13.2 Å². The van der Waals surface area contributed by atoms with Crippen LogP contribution in [0.1, 0.15) is 29.3 Å². The molecule has 0 atom stereocenters. The number of carbonyl (C=O) groups excluding carboxylic acids is 1. The fourth-order valence-corrected chi connectivity index (χ4v) is 2.05. The Morgan fingerprint density at radius 2 is 2.12 bits per heavy atom. The first-order valence-electron chi connectivity index (χ1n) is 5.92. The minimum atomic E-state index is 0.0707. The molecular formula is C13H17NO3. The Morgan fingerprint density at radius 1 is 1.35 bits per heavy atom. The molecule has 1 aromatic rings. The summed E-state index contributed by atoms with van der Waals surface area (Å²) in [6.45, 7) is 3.48. The second-order valence-electron chi connectivity index (χ2n) is 3.93.